The minimum absolute atomic E-state index is 0.00857. The predicted octanol–water partition coefficient (Wildman–Crippen LogP) is 5.14. The lowest BCUT2D eigenvalue weighted by Gasteiger charge is -2.35. The summed E-state index contributed by atoms with van der Waals surface area (Å²) < 4.78 is 61.5. The van der Waals surface area contributed by atoms with Crippen LogP contribution in [-0.2, 0) is 33.3 Å². The molecular weight excluding hydrogens is 1060 g/mol. The molecule has 6 amide bonds. The monoisotopic (exact) mass is 1120 g/mol. The summed E-state index contributed by atoms with van der Waals surface area (Å²) in [7, 11) is 1.64. The summed E-state index contributed by atoms with van der Waals surface area (Å²) in [5.41, 5.74) is 1.06. The van der Waals surface area contributed by atoms with E-state index >= 15 is 8.78 Å². The zero-order valence-electron chi connectivity index (χ0n) is 45.3. The van der Waals surface area contributed by atoms with Gasteiger partial charge in [0.2, 0.25) is 17.7 Å². The topological polar surface area (TPSA) is 236 Å². The molecule has 82 heavy (non-hydrogen) atoms. The molecule has 5 atom stereocenters. The van der Waals surface area contributed by atoms with E-state index in [1.54, 1.807) is 37.5 Å². The van der Waals surface area contributed by atoms with Crippen molar-refractivity contribution in [1.29, 1.82) is 0 Å². The first-order valence-electron chi connectivity index (χ1n) is 27.6. The molecule has 428 valence electrons. The van der Waals surface area contributed by atoms with Gasteiger partial charge in [-0.1, -0.05) is 48.4 Å². The Labute approximate surface area is 471 Å². The number of terminal acetylenes is 1. The summed E-state index contributed by atoms with van der Waals surface area (Å²) in [6.45, 7) is 8.09. The summed E-state index contributed by atoms with van der Waals surface area (Å²) in [5.74, 6) is -1.37. The SMILES string of the molecule is C#Cc1c(F)ccc2cccc(-c3ncc4c(N5CC6CCC(C5)N6)nc(OC[C@@]56CC[C@@H](COC(=O)N(C)CCOCCOCCOCCC(=O)Nc7cccc8c7C(=O)N(C7CCC(=O)NC7=O)C8=O)N5CC(=C)C6)nc4c3F)c12. The van der Waals surface area contributed by atoms with E-state index in [0.29, 0.717) is 53.6 Å². The summed E-state index contributed by atoms with van der Waals surface area (Å²) in [5, 5.41) is 9.92. The number of piperazine rings is 1. The fraction of sp³-hybridized carbons (Fsp3) is 0.441. The van der Waals surface area contributed by atoms with Crippen molar-refractivity contribution < 1.29 is 61.2 Å². The number of piperidine rings is 1. The lowest BCUT2D eigenvalue weighted by atomic mass is 9.94. The van der Waals surface area contributed by atoms with Crippen LogP contribution in [0.15, 0.2) is 66.9 Å². The minimum Gasteiger partial charge on any atom is -0.461 e. The van der Waals surface area contributed by atoms with Gasteiger partial charge in [-0.15, -0.1) is 6.42 Å². The first kappa shape index (κ1) is 55.9. The lowest BCUT2D eigenvalue weighted by Crippen LogP contribution is -2.54. The number of nitrogens with one attached hydrogen (secondary N) is 3. The molecule has 3 N–H and O–H groups in total. The number of fused-ring (bicyclic) bond motifs is 6. The van der Waals surface area contributed by atoms with E-state index in [4.69, 9.17) is 40.1 Å². The van der Waals surface area contributed by atoms with Crippen molar-refractivity contribution in [1.82, 2.24) is 40.3 Å². The number of halogens is 2. The van der Waals surface area contributed by atoms with Gasteiger partial charge in [0.1, 0.15) is 42.1 Å². The smallest absolute Gasteiger partial charge is 0.409 e. The Morgan fingerprint density at radius 1 is 0.915 bits per heavy atom. The average Bonchev–Trinajstić information content (AvgIpc) is 3.26. The summed E-state index contributed by atoms with van der Waals surface area (Å²) in [6, 6.07) is 11.9. The molecule has 3 aromatic carbocycles. The quantitative estimate of drug-likeness (QED) is 0.0374. The molecule has 8 heterocycles. The van der Waals surface area contributed by atoms with Crippen LogP contribution >= 0.6 is 0 Å². The molecule has 0 aliphatic carbocycles. The molecule has 0 spiro atoms. The average molecular weight is 1130 g/mol. The molecule has 2 bridgehead atoms. The molecule has 5 aromatic rings. The maximum atomic E-state index is 17.2. The number of hydrogen-bond donors (Lipinski definition) is 3. The minimum atomic E-state index is -1.12. The predicted molar refractivity (Wildman–Crippen MR) is 295 cm³/mol. The number of aromatic nitrogens is 3. The number of nitrogens with zero attached hydrogens (tertiary/aromatic N) is 7. The maximum Gasteiger partial charge on any atom is 0.409 e. The molecule has 6 aliphatic rings. The van der Waals surface area contributed by atoms with Gasteiger partial charge < -0.3 is 44.1 Å². The highest BCUT2D eigenvalue weighted by Gasteiger charge is 2.52. The van der Waals surface area contributed by atoms with Crippen LogP contribution in [0.1, 0.15) is 77.6 Å². The highest BCUT2D eigenvalue weighted by Crippen LogP contribution is 2.45. The second-order valence-electron chi connectivity index (χ2n) is 21.6. The Kier molecular flexibility index (Phi) is 16.2. The summed E-state index contributed by atoms with van der Waals surface area (Å²) >= 11 is 0. The molecular formula is C59H62F2N10O11. The van der Waals surface area contributed by atoms with Crippen LogP contribution in [0.25, 0.3) is 32.9 Å². The number of anilines is 2. The fourth-order valence-corrected chi connectivity index (χ4v) is 12.2. The van der Waals surface area contributed by atoms with Crippen LogP contribution in [0.5, 0.6) is 6.01 Å². The van der Waals surface area contributed by atoms with Crippen molar-refractivity contribution in [2.45, 2.75) is 81.1 Å². The highest BCUT2D eigenvalue weighted by atomic mass is 19.1. The summed E-state index contributed by atoms with van der Waals surface area (Å²) in [4.78, 5) is 97.4. The number of rotatable bonds is 21. The Morgan fingerprint density at radius 2 is 1.66 bits per heavy atom. The molecule has 5 saturated heterocycles. The molecule has 21 nitrogen and oxygen atoms in total. The van der Waals surface area contributed by atoms with Crippen molar-refractivity contribution >= 4 is 68.8 Å². The maximum absolute atomic E-state index is 17.2. The zero-order valence-corrected chi connectivity index (χ0v) is 45.3. The van der Waals surface area contributed by atoms with E-state index in [0.717, 1.165) is 36.2 Å². The standard InChI is InChI=1S/C59H62F2N10O11/c1-4-39-43(60)14-11-35-7-5-8-40(48(35)39)51-50(61)52-42(28-62-51)53(69-30-36-12-13-37(31-69)63-36)67-57(66-52)82-33-59-19-17-38(70(59)29-34(2)27-59)32-81-58(77)68(3)20-22-79-24-26-80-25-23-78-21-18-47(73)64-44-10-6-9-41-49(44)56(76)71(55(41)75)45-15-16-46(72)65-54(45)74/h1,5-11,14,28,36-38,45,63H,2,12-13,15-27,29-33H2,3H3,(H,64,73)(H,65,72,74)/t36?,37?,38-,45?,59-/m0/s1. The van der Waals surface area contributed by atoms with E-state index in [2.05, 4.69) is 43.2 Å². The van der Waals surface area contributed by atoms with Gasteiger partial charge in [0, 0.05) is 74.9 Å². The van der Waals surface area contributed by atoms with Crippen molar-refractivity contribution in [2.75, 3.05) is 96.3 Å². The van der Waals surface area contributed by atoms with Gasteiger partial charge in [0.05, 0.1) is 79.4 Å². The van der Waals surface area contributed by atoms with Crippen LogP contribution in [0.3, 0.4) is 0 Å². The largest absolute Gasteiger partial charge is 0.461 e. The highest BCUT2D eigenvalue weighted by molar-refractivity contribution is 6.26. The number of amides is 6. The molecule has 2 aromatic heterocycles. The number of likely N-dealkylation sites (N-methyl/N-ethyl adjacent to an activating group) is 1. The normalized spacial score (nSPS) is 22.2. The van der Waals surface area contributed by atoms with Crippen LogP contribution in [0, 0.1) is 24.0 Å². The number of carbonyl (C=O) groups is 6. The van der Waals surface area contributed by atoms with E-state index in [-0.39, 0.29) is 136 Å². The van der Waals surface area contributed by atoms with Gasteiger partial charge >= 0.3 is 12.1 Å². The first-order chi connectivity index (χ1) is 39.7. The van der Waals surface area contributed by atoms with Crippen molar-refractivity contribution in [3.63, 3.8) is 0 Å². The van der Waals surface area contributed by atoms with Gasteiger partial charge in [0.15, 0.2) is 5.82 Å². The van der Waals surface area contributed by atoms with Crippen molar-refractivity contribution in [2.24, 2.45) is 0 Å². The third-order valence-corrected chi connectivity index (χ3v) is 16.2. The van der Waals surface area contributed by atoms with E-state index in [1.807, 2.05) is 0 Å². The Balaban J connectivity index is 0.622. The molecule has 0 radical (unpaired) electrons. The number of pyridine rings is 1. The fourth-order valence-electron chi connectivity index (χ4n) is 12.2. The Hall–Kier alpha value is -8.01. The number of ether oxygens (including phenoxy) is 5. The molecule has 23 heteroatoms. The zero-order chi connectivity index (χ0) is 57.2. The number of hydrogen-bond acceptors (Lipinski definition) is 17. The Bertz CT molecular complexity index is 3440. The lowest BCUT2D eigenvalue weighted by molar-refractivity contribution is -0.136. The molecule has 6 aliphatic heterocycles. The van der Waals surface area contributed by atoms with Crippen LogP contribution in [-0.4, -0.2) is 181 Å². The molecule has 0 saturated carbocycles. The number of benzene rings is 3. The number of imide groups is 2. The third-order valence-electron chi connectivity index (χ3n) is 16.2. The van der Waals surface area contributed by atoms with Crippen molar-refractivity contribution in [3.8, 4) is 29.6 Å². The summed E-state index contributed by atoms with van der Waals surface area (Å²) in [6.07, 6.45) is 11.0. The third kappa shape index (κ3) is 11.2. The Morgan fingerprint density at radius 3 is 2.43 bits per heavy atom. The van der Waals surface area contributed by atoms with Gasteiger partial charge in [-0.3, -0.25) is 44.1 Å². The van der Waals surface area contributed by atoms with E-state index < -0.39 is 58.8 Å². The second kappa shape index (κ2) is 23.8. The van der Waals surface area contributed by atoms with E-state index in [9.17, 15) is 28.8 Å². The van der Waals surface area contributed by atoms with Gasteiger partial charge in [0.25, 0.3) is 11.8 Å². The van der Waals surface area contributed by atoms with Crippen LogP contribution < -0.4 is 25.6 Å². The molecule has 3 unspecified atom stereocenters. The first-order valence-corrected chi connectivity index (χ1v) is 27.6. The number of carbonyl (C=O) groups excluding carboxylic acids is 6. The molecule has 5 fully saturated rings. The van der Waals surface area contributed by atoms with E-state index in [1.165, 1.54) is 29.2 Å². The van der Waals surface area contributed by atoms with Crippen LogP contribution in [0.4, 0.5) is 25.1 Å². The van der Waals surface area contributed by atoms with Crippen LogP contribution in [0.2, 0.25) is 0 Å². The molecule has 11 rings (SSSR count). The van der Waals surface area contributed by atoms with Gasteiger partial charge in [-0.25, -0.2) is 13.6 Å². The second-order valence-corrected chi connectivity index (χ2v) is 21.6. The van der Waals surface area contributed by atoms with Gasteiger partial charge in [-0.05, 0) is 62.1 Å². The van der Waals surface area contributed by atoms with Crippen molar-refractivity contribution in [3.05, 3.63) is 95.2 Å². The van der Waals surface area contributed by atoms with Gasteiger partial charge in [-0.2, -0.15) is 9.97 Å².